The zero-order chi connectivity index (χ0) is 17.7. The SMILES string of the molecule is CC(C)c1ccc(-c2cccc3c4ccc[c-]c4c4nccn4c23)cc1.[CH3-].[Pt+2].[Y]. The number of imidazole rings is 1. The van der Waals surface area contributed by atoms with Crippen LogP contribution < -0.4 is 0 Å². The van der Waals surface area contributed by atoms with E-state index in [1.54, 1.807) is 0 Å². The van der Waals surface area contributed by atoms with Gasteiger partial charge < -0.3 is 11.8 Å². The molecule has 0 aliphatic heterocycles. The fourth-order valence-electron chi connectivity index (χ4n) is 3.82. The summed E-state index contributed by atoms with van der Waals surface area (Å²) in [5.41, 5.74) is 5.98. The van der Waals surface area contributed by atoms with Gasteiger partial charge in [-0.25, -0.2) is 0 Å². The maximum atomic E-state index is 4.60. The van der Waals surface area contributed by atoms with Crippen LogP contribution in [0.5, 0.6) is 0 Å². The quantitative estimate of drug-likeness (QED) is 0.157. The first kappa shape index (κ1) is 23.9. The molecule has 0 fully saturated rings. The van der Waals surface area contributed by atoms with Gasteiger partial charge >= 0.3 is 21.1 Å². The molecule has 1 radical (unpaired) electrons. The van der Waals surface area contributed by atoms with Gasteiger partial charge in [0.15, 0.2) is 0 Å². The molecule has 0 saturated heterocycles. The summed E-state index contributed by atoms with van der Waals surface area (Å²) in [7, 11) is 0. The standard InChI is InChI=1S/C24H19N2.CH3.Pt.Y/c1-16(2)17-10-12-18(13-11-17)19-8-5-9-21-20-6-3-4-7-22(20)24-25-14-15-26(24)23(19)21;;;/h3-6,8-16H,1-2H3;1H3;;/q2*-1;+2;. The molecule has 0 unspecified atom stereocenters. The summed E-state index contributed by atoms with van der Waals surface area (Å²) in [5, 5.41) is 3.49. The Balaban J connectivity index is 0.000001000. The summed E-state index contributed by atoms with van der Waals surface area (Å²) in [5.74, 6) is 0.538. The zero-order valence-electron chi connectivity index (χ0n) is 16.8. The minimum atomic E-state index is 0. The normalized spacial score (nSPS) is 10.6. The second-order valence-corrected chi connectivity index (χ2v) is 7.06. The number of hydrogen-bond donors (Lipinski definition) is 0. The smallest absolute Gasteiger partial charge is 0.358 e. The van der Waals surface area contributed by atoms with E-state index in [1.165, 1.54) is 33.0 Å². The monoisotopic (exact) mass is 634 g/mol. The molecular weight excluding hydrogens is 612 g/mol. The predicted octanol–water partition coefficient (Wildman–Crippen LogP) is 6.68. The molecule has 0 atom stereocenters. The van der Waals surface area contributed by atoms with Crippen molar-refractivity contribution in [1.82, 2.24) is 9.38 Å². The van der Waals surface area contributed by atoms with E-state index in [4.69, 9.17) is 0 Å². The topological polar surface area (TPSA) is 17.3 Å². The molecule has 3 aromatic carbocycles. The van der Waals surface area contributed by atoms with Crippen LogP contribution in [0.25, 0.3) is 38.4 Å². The van der Waals surface area contributed by atoms with Gasteiger partial charge in [0.1, 0.15) is 0 Å². The van der Waals surface area contributed by atoms with Crippen molar-refractivity contribution < 1.29 is 53.8 Å². The van der Waals surface area contributed by atoms with E-state index in [0.717, 1.165) is 11.0 Å². The Morgan fingerprint density at radius 2 is 1.66 bits per heavy atom. The third-order valence-corrected chi connectivity index (χ3v) is 5.18. The summed E-state index contributed by atoms with van der Waals surface area (Å²) in [6.45, 7) is 4.45. The van der Waals surface area contributed by atoms with Crippen molar-refractivity contribution >= 4 is 27.3 Å². The van der Waals surface area contributed by atoms with Gasteiger partial charge in [-0.2, -0.15) is 0 Å². The molecule has 2 aromatic heterocycles. The van der Waals surface area contributed by atoms with Crippen molar-refractivity contribution in [3.63, 3.8) is 0 Å². The Labute approximate surface area is 211 Å². The molecule has 0 aliphatic rings. The predicted molar refractivity (Wildman–Crippen MR) is 115 cm³/mol. The molecule has 4 heteroatoms. The Morgan fingerprint density at radius 1 is 0.931 bits per heavy atom. The molecule has 29 heavy (non-hydrogen) atoms. The summed E-state index contributed by atoms with van der Waals surface area (Å²) in [4.78, 5) is 4.60. The van der Waals surface area contributed by atoms with Gasteiger partial charge in [0.2, 0.25) is 0 Å². The average molecular weight is 634 g/mol. The Morgan fingerprint density at radius 3 is 2.38 bits per heavy atom. The number of hydrogen-bond acceptors (Lipinski definition) is 1. The van der Waals surface area contributed by atoms with Crippen molar-refractivity contribution in [1.29, 1.82) is 0 Å². The third-order valence-electron chi connectivity index (χ3n) is 5.18. The maximum absolute atomic E-state index is 4.60. The van der Waals surface area contributed by atoms with E-state index in [2.05, 4.69) is 77.8 Å². The van der Waals surface area contributed by atoms with Crippen molar-refractivity contribution in [2.75, 3.05) is 0 Å². The van der Waals surface area contributed by atoms with E-state index >= 15 is 0 Å². The first-order valence-electron chi connectivity index (χ1n) is 9.02. The molecule has 2 heterocycles. The Kier molecular flexibility index (Phi) is 7.96. The number of fused-ring (bicyclic) bond motifs is 6. The van der Waals surface area contributed by atoms with Crippen molar-refractivity contribution in [3.05, 3.63) is 92.1 Å². The van der Waals surface area contributed by atoms with Crippen molar-refractivity contribution in [2.24, 2.45) is 0 Å². The Bertz CT molecular complexity index is 1260. The number of nitrogens with zero attached hydrogens (tertiary/aromatic N) is 2. The average Bonchev–Trinajstić information content (AvgIpc) is 3.18. The number of rotatable bonds is 2. The molecule has 0 saturated carbocycles. The first-order chi connectivity index (χ1) is 12.7. The maximum Gasteiger partial charge on any atom is 2.00 e. The van der Waals surface area contributed by atoms with E-state index in [0.29, 0.717) is 5.92 Å². The largest absolute Gasteiger partial charge is 2.00 e. The molecule has 0 bridgehead atoms. The van der Waals surface area contributed by atoms with Crippen LogP contribution in [0.2, 0.25) is 0 Å². The van der Waals surface area contributed by atoms with Crippen LogP contribution in [0.15, 0.2) is 73.1 Å². The summed E-state index contributed by atoms with van der Waals surface area (Å²) in [6, 6.07) is 25.0. The molecule has 0 spiro atoms. The summed E-state index contributed by atoms with van der Waals surface area (Å²) in [6.07, 6.45) is 3.91. The van der Waals surface area contributed by atoms with Gasteiger partial charge in [-0.1, -0.05) is 61.7 Å². The van der Waals surface area contributed by atoms with E-state index in [-0.39, 0.29) is 61.2 Å². The molecule has 5 rings (SSSR count). The van der Waals surface area contributed by atoms with Gasteiger partial charge in [0.25, 0.3) is 0 Å². The van der Waals surface area contributed by atoms with Crippen molar-refractivity contribution in [2.45, 2.75) is 19.8 Å². The fraction of sp³-hybridized carbons (Fsp3) is 0.120. The van der Waals surface area contributed by atoms with Gasteiger partial charge in [-0.3, -0.25) is 4.98 Å². The molecule has 5 aromatic rings. The van der Waals surface area contributed by atoms with Crippen LogP contribution in [0.3, 0.4) is 0 Å². The first-order valence-corrected chi connectivity index (χ1v) is 9.02. The van der Waals surface area contributed by atoms with Gasteiger partial charge in [0.05, 0.1) is 5.65 Å². The van der Waals surface area contributed by atoms with E-state index in [9.17, 15) is 0 Å². The molecule has 0 amide bonds. The summed E-state index contributed by atoms with van der Waals surface area (Å²) >= 11 is 0. The van der Waals surface area contributed by atoms with Gasteiger partial charge in [-0.05, 0) is 22.4 Å². The van der Waals surface area contributed by atoms with Crippen LogP contribution in [0.1, 0.15) is 25.3 Å². The van der Waals surface area contributed by atoms with Gasteiger partial charge in [0, 0.05) is 56.2 Å². The second kappa shape index (κ2) is 9.65. The molecule has 0 N–H and O–H groups in total. The number of aromatic nitrogens is 2. The minimum Gasteiger partial charge on any atom is -0.358 e. The molecule has 145 valence electrons. The second-order valence-electron chi connectivity index (χ2n) is 7.06. The van der Waals surface area contributed by atoms with Crippen molar-refractivity contribution in [3.8, 4) is 11.1 Å². The number of pyridine rings is 1. The van der Waals surface area contributed by atoms with E-state index in [1.807, 2.05) is 24.5 Å². The molecular formula is C25H22N2PtY. The third kappa shape index (κ3) is 4.00. The van der Waals surface area contributed by atoms with E-state index < -0.39 is 0 Å². The van der Waals surface area contributed by atoms with Crippen LogP contribution in [0, 0.1) is 13.5 Å². The number of para-hydroxylation sites is 1. The zero-order valence-corrected chi connectivity index (χ0v) is 21.9. The van der Waals surface area contributed by atoms with Gasteiger partial charge in [-0.15, -0.1) is 29.7 Å². The van der Waals surface area contributed by atoms with Crippen LogP contribution in [0.4, 0.5) is 0 Å². The van der Waals surface area contributed by atoms with Crippen LogP contribution in [-0.4, -0.2) is 9.38 Å². The Hall–Kier alpha value is -1.34. The fourth-order valence-corrected chi connectivity index (χ4v) is 3.82. The molecule has 2 nitrogen and oxygen atoms in total. The molecule has 0 aliphatic carbocycles. The minimum absolute atomic E-state index is 0. The summed E-state index contributed by atoms with van der Waals surface area (Å²) < 4.78 is 2.19. The van der Waals surface area contributed by atoms with Crippen LogP contribution in [-0.2, 0) is 53.8 Å². The van der Waals surface area contributed by atoms with Crippen LogP contribution >= 0.6 is 0 Å². The number of benzene rings is 3.